The van der Waals surface area contributed by atoms with Crippen molar-refractivity contribution in [3.05, 3.63) is 35.2 Å². The van der Waals surface area contributed by atoms with Crippen molar-refractivity contribution < 1.29 is 4.79 Å². The molecule has 2 aromatic rings. The number of nitrogens with zero attached hydrogens (tertiary/aromatic N) is 4. The monoisotopic (exact) mass is 364 g/mol. The van der Waals surface area contributed by atoms with Gasteiger partial charge in [-0.1, -0.05) is 6.92 Å². The average molecular weight is 365 g/mol. The lowest BCUT2D eigenvalue weighted by Gasteiger charge is -2.34. The van der Waals surface area contributed by atoms with Crippen LogP contribution in [0.25, 0.3) is 0 Å². The van der Waals surface area contributed by atoms with Crippen LogP contribution in [0, 0.1) is 0 Å². The first-order valence-electron chi connectivity index (χ1n) is 8.85. The molecular formula is C17H25ClN6O. The number of halogens is 1. The van der Waals surface area contributed by atoms with Crippen molar-refractivity contribution in [1.82, 2.24) is 30.0 Å². The van der Waals surface area contributed by atoms with Gasteiger partial charge in [-0.2, -0.15) is 5.10 Å². The highest BCUT2D eigenvalue weighted by atomic mass is 35.5. The van der Waals surface area contributed by atoms with Gasteiger partial charge < -0.3 is 14.8 Å². The highest BCUT2D eigenvalue weighted by Crippen LogP contribution is 2.25. The summed E-state index contributed by atoms with van der Waals surface area (Å²) in [6.45, 7) is 5.33. The Labute approximate surface area is 153 Å². The predicted octanol–water partition coefficient (Wildman–Crippen LogP) is 1.71. The molecule has 136 valence electrons. The highest BCUT2D eigenvalue weighted by molar-refractivity contribution is 5.94. The highest BCUT2D eigenvalue weighted by Gasteiger charge is 2.30. The second-order valence-corrected chi connectivity index (χ2v) is 6.61. The zero-order valence-electron chi connectivity index (χ0n) is 14.5. The van der Waals surface area contributed by atoms with Crippen LogP contribution in [0.15, 0.2) is 12.4 Å². The quantitative estimate of drug-likeness (QED) is 0.869. The number of likely N-dealkylation sites (tertiary alicyclic amines) is 1. The fourth-order valence-electron chi connectivity index (χ4n) is 3.87. The number of hydrogen-bond donors (Lipinski definition) is 2. The van der Waals surface area contributed by atoms with Gasteiger partial charge in [0.2, 0.25) is 0 Å². The molecule has 0 aromatic carbocycles. The number of hydrogen-bond acceptors (Lipinski definition) is 4. The lowest BCUT2D eigenvalue weighted by molar-refractivity contribution is 0.0670. The number of aromatic amines is 1. The van der Waals surface area contributed by atoms with E-state index >= 15 is 0 Å². The molecule has 0 spiro atoms. The van der Waals surface area contributed by atoms with E-state index in [2.05, 4.69) is 32.0 Å². The first-order valence-corrected chi connectivity index (χ1v) is 8.85. The number of aryl methyl sites for hydroxylation is 1. The third-order valence-corrected chi connectivity index (χ3v) is 5.15. The van der Waals surface area contributed by atoms with Crippen LogP contribution >= 0.6 is 12.4 Å². The molecule has 2 N–H and O–H groups in total. The molecular weight excluding hydrogens is 340 g/mol. The van der Waals surface area contributed by atoms with Crippen LogP contribution in [0.4, 0.5) is 0 Å². The summed E-state index contributed by atoms with van der Waals surface area (Å²) in [5, 5.41) is 10.7. The van der Waals surface area contributed by atoms with Crippen molar-refractivity contribution in [2.24, 2.45) is 0 Å². The Balaban J connectivity index is 0.00000182. The van der Waals surface area contributed by atoms with E-state index < -0.39 is 0 Å². The predicted molar refractivity (Wildman–Crippen MR) is 97.0 cm³/mol. The number of amides is 1. The Morgan fingerprint density at radius 1 is 1.44 bits per heavy atom. The summed E-state index contributed by atoms with van der Waals surface area (Å²) in [5.74, 6) is 1.15. The molecule has 0 saturated carbocycles. The van der Waals surface area contributed by atoms with Gasteiger partial charge in [-0.3, -0.25) is 9.89 Å². The molecule has 1 unspecified atom stereocenters. The SMILES string of the molecule is CCc1nccn1C1CCCN(C(=O)c2n[nH]c3c2CNCC3)C1.Cl. The van der Waals surface area contributed by atoms with Crippen LogP contribution in [0.5, 0.6) is 0 Å². The summed E-state index contributed by atoms with van der Waals surface area (Å²) < 4.78 is 2.24. The van der Waals surface area contributed by atoms with E-state index in [4.69, 9.17) is 0 Å². The molecule has 0 aliphatic carbocycles. The minimum absolute atomic E-state index is 0. The number of H-pyrrole nitrogens is 1. The van der Waals surface area contributed by atoms with Gasteiger partial charge in [0, 0.05) is 62.7 Å². The van der Waals surface area contributed by atoms with E-state index in [-0.39, 0.29) is 18.3 Å². The largest absolute Gasteiger partial charge is 0.335 e. The van der Waals surface area contributed by atoms with E-state index in [9.17, 15) is 4.79 Å². The molecule has 2 aliphatic rings. The summed E-state index contributed by atoms with van der Waals surface area (Å²) in [4.78, 5) is 19.4. The number of carbonyl (C=O) groups is 1. The number of carbonyl (C=O) groups excluding carboxylic acids is 1. The minimum atomic E-state index is 0. The van der Waals surface area contributed by atoms with Crippen molar-refractivity contribution >= 4 is 18.3 Å². The molecule has 1 saturated heterocycles. The Bertz CT molecular complexity index is 739. The molecule has 25 heavy (non-hydrogen) atoms. The molecule has 2 aromatic heterocycles. The molecule has 4 rings (SSSR count). The normalized spacial score (nSPS) is 20.0. The van der Waals surface area contributed by atoms with Gasteiger partial charge in [0.05, 0.1) is 6.04 Å². The van der Waals surface area contributed by atoms with Crippen molar-refractivity contribution in [3.63, 3.8) is 0 Å². The minimum Gasteiger partial charge on any atom is -0.335 e. The number of imidazole rings is 1. The van der Waals surface area contributed by atoms with Gasteiger partial charge in [-0.15, -0.1) is 12.4 Å². The van der Waals surface area contributed by atoms with Gasteiger partial charge in [0.25, 0.3) is 5.91 Å². The van der Waals surface area contributed by atoms with E-state index in [1.807, 2.05) is 17.3 Å². The third kappa shape index (κ3) is 3.30. The molecule has 1 amide bonds. The smallest absolute Gasteiger partial charge is 0.274 e. The van der Waals surface area contributed by atoms with Gasteiger partial charge in [-0.25, -0.2) is 4.98 Å². The van der Waals surface area contributed by atoms with Gasteiger partial charge in [0.1, 0.15) is 5.82 Å². The first-order chi connectivity index (χ1) is 11.8. The second-order valence-electron chi connectivity index (χ2n) is 6.61. The standard InChI is InChI=1S/C17H24N6O.ClH/c1-2-15-19-7-9-23(15)12-4-3-8-22(11-12)17(24)16-13-10-18-6-5-14(13)20-21-16;/h7,9,12,18H,2-6,8,10-11H2,1H3,(H,20,21);1H. The lowest BCUT2D eigenvalue weighted by atomic mass is 10.0. The third-order valence-electron chi connectivity index (χ3n) is 5.15. The topological polar surface area (TPSA) is 78.8 Å². The number of fused-ring (bicyclic) bond motifs is 1. The number of rotatable bonds is 3. The molecule has 1 atom stereocenters. The number of piperidine rings is 1. The maximum absolute atomic E-state index is 13.0. The maximum Gasteiger partial charge on any atom is 0.274 e. The van der Waals surface area contributed by atoms with Crippen LogP contribution in [0.3, 0.4) is 0 Å². The van der Waals surface area contributed by atoms with Gasteiger partial charge in [0.15, 0.2) is 5.69 Å². The Morgan fingerprint density at radius 3 is 3.16 bits per heavy atom. The van der Waals surface area contributed by atoms with Gasteiger partial charge >= 0.3 is 0 Å². The van der Waals surface area contributed by atoms with Crippen LogP contribution in [-0.2, 0) is 19.4 Å². The fourth-order valence-corrected chi connectivity index (χ4v) is 3.87. The summed E-state index contributed by atoms with van der Waals surface area (Å²) >= 11 is 0. The Kier molecular flexibility index (Phi) is 5.44. The number of aromatic nitrogens is 4. The van der Waals surface area contributed by atoms with Crippen molar-refractivity contribution in [2.45, 2.75) is 45.2 Å². The van der Waals surface area contributed by atoms with E-state index in [1.54, 1.807) is 0 Å². The lowest BCUT2D eigenvalue weighted by Crippen LogP contribution is -2.41. The molecule has 7 nitrogen and oxygen atoms in total. The van der Waals surface area contributed by atoms with Crippen LogP contribution < -0.4 is 5.32 Å². The zero-order chi connectivity index (χ0) is 16.5. The van der Waals surface area contributed by atoms with Crippen LogP contribution in [0.1, 0.15) is 53.4 Å². The zero-order valence-corrected chi connectivity index (χ0v) is 15.3. The van der Waals surface area contributed by atoms with E-state index in [0.717, 1.165) is 68.9 Å². The summed E-state index contributed by atoms with van der Waals surface area (Å²) in [5.41, 5.74) is 2.75. The molecule has 1 fully saturated rings. The Morgan fingerprint density at radius 2 is 2.32 bits per heavy atom. The summed E-state index contributed by atoms with van der Waals surface area (Å²) in [6, 6.07) is 0.313. The van der Waals surface area contributed by atoms with Crippen molar-refractivity contribution in [2.75, 3.05) is 19.6 Å². The van der Waals surface area contributed by atoms with Crippen molar-refractivity contribution in [1.29, 1.82) is 0 Å². The molecule has 4 heterocycles. The average Bonchev–Trinajstić information content (AvgIpc) is 3.28. The molecule has 8 heteroatoms. The van der Waals surface area contributed by atoms with Gasteiger partial charge in [-0.05, 0) is 12.8 Å². The maximum atomic E-state index is 13.0. The summed E-state index contributed by atoms with van der Waals surface area (Å²) in [6.07, 6.45) is 7.83. The van der Waals surface area contributed by atoms with E-state index in [0.29, 0.717) is 11.7 Å². The first kappa shape index (κ1) is 17.9. The fraction of sp³-hybridized carbons (Fsp3) is 0.588. The summed E-state index contributed by atoms with van der Waals surface area (Å²) in [7, 11) is 0. The van der Waals surface area contributed by atoms with Crippen LogP contribution in [-0.4, -0.2) is 50.2 Å². The molecule has 0 bridgehead atoms. The Hall–Kier alpha value is -1.86. The van der Waals surface area contributed by atoms with Crippen LogP contribution in [0.2, 0.25) is 0 Å². The van der Waals surface area contributed by atoms with E-state index in [1.165, 1.54) is 0 Å². The second kappa shape index (κ2) is 7.58. The molecule has 2 aliphatic heterocycles. The number of nitrogens with one attached hydrogen (secondary N) is 2. The van der Waals surface area contributed by atoms with Crippen molar-refractivity contribution in [3.8, 4) is 0 Å². The molecule has 0 radical (unpaired) electrons.